The molecule has 48 heavy (non-hydrogen) atoms. The zero-order valence-corrected chi connectivity index (χ0v) is 29.0. The van der Waals surface area contributed by atoms with Crippen LogP contribution < -0.4 is 9.47 Å². The van der Waals surface area contributed by atoms with E-state index >= 15 is 4.79 Å². The first-order valence-corrected chi connectivity index (χ1v) is 17.0. The van der Waals surface area contributed by atoms with Gasteiger partial charge in [-0.2, -0.15) is 0 Å². The second kappa shape index (κ2) is 10.7. The highest BCUT2D eigenvalue weighted by Crippen LogP contribution is 2.69. The van der Waals surface area contributed by atoms with Gasteiger partial charge in [0.05, 0.1) is 19.3 Å². The van der Waals surface area contributed by atoms with E-state index in [1.807, 2.05) is 33.8 Å². The number of allylic oxidation sites excluding steroid dienone is 3. The van der Waals surface area contributed by atoms with E-state index in [0.29, 0.717) is 40.9 Å². The Labute approximate surface area is 281 Å². The molecule has 0 amide bonds. The molecule has 1 spiro atoms. The molecular weight excluding hydrogens is 612 g/mol. The summed E-state index contributed by atoms with van der Waals surface area (Å²) >= 11 is 0. The number of benzene rings is 1. The Morgan fingerprint density at radius 2 is 1.85 bits per heavy atom. The molecule has 3 heterocycles. The fraction of sp³-hybridized carbons (Fsp3) is 0.564. The number of hydrogen-bond acceptors (Lipinski definition) is 9. The van der Waals surface area contributed by atoms with Gasteiger partial charge in [0, 0.05) is 46.4 Å². The number of carbonyl (C=O) groups excluding carboxylic acids is 3. The Kier molecular flexibility index (Phi) is 7.29. The van der Waals surface area contributed by atoms with Gasteiger partial charge in [-0.15, -0.1) is 0 Å². The summed E-state index contributed by atoms with van der Waals surface area (Å²) in [4.78, 5) is 41.9. The number of carbonyl (C=O) groups is 3. The average Bonchev–Trinajstić information content (AvgIpc) is 3.19. The molecule has 1 saturated heterocycles. The maximum Gasteiger partial charge on any atom is 0.333 e. The molecule has 8 rings (SSSR count). The predicted molar refractivity (Wildman–Crippen MR) is 177 cm³/mol. The second-order valence-corrected chi connectivity index (χ2v) is 15.7. The number of ketones is 2. The van der Waals surface area contributed by atoms with Crippen LogP contribution in [0.25, 0.3) is 0 Å². The van der Waals surface area contributed by atoms with Crippen LogP contribution in [0.15, 0.2) is 47.1 Å². The molecule has 1 aromatic carbocycles. The second-order valence-electron chi connectivity index (χ2n) is 15.7. The van der Waals surface area contributed by atoms with Gasteiger partial charge in [-0.3, -0.25) is 9.59 Å². The summed E-state index contributed by atoms with van der Waals surface area (Å²) in [5.41, 5.74) is -0.850. The Balaban J connectivity index is 1.51. The van der Waals surface area contributed by atoms with E-state index in [-0.39, 0.29) is 60.0 Å². The van der Waals surface area contributed by atoms with Crippen LogP contribution in [0.4, 0.5) is 0 Å². The predicted octanol–water partition coefficient (Wildman–Crippen LogP) is 6.00. The zero-order valence-electron chi connectivity index (χ0n) is 29.0. The molecule has 7 atom stereocenters. The number of methoxy groups -OCH3 is 1. The molecule has 1 unspecified atom stereocenters. The van der Waals surface area contributed by atoms with E-state index in [1.165, 1.54) is 7.11 Å². The van der Waals surface area contributed by atoms with Gasteiger partial charge in [-0.1, -0.05) is 36.0 Å². The van der Waals surface area contributed by atoms with E-state index in [0.717, 1.165) is 24.0 Å². The third-order valence-electron chi connectivity index (χ3n) is 12.2. The fourth-order valence-electron chi connectivity index (χ4n) is 9.85. The lowest BCUT2D eigenvalue weighted by Gasteiger charge is -2.56. The van der Waals surface area contributed by atoms with Gasteiger partial charge in [0.1, 0.15) is 28.4 Å². The summed E-state index contributed by atoms with van der Waals surface area (Å²) in [6, 6.07) is 0. The van der Waals surface area contributed by atoms with Crippen LogP contribution >= 0.6 is 0 Å². The van der Waals surface area contributed by atoms with E-state index < -0.39 is 40.1 Å². The molecule has 4 aliphatic carbocycles. The molecule has 256 valence electrons. The van der Waals surface area contributed by atoms with Crippen molar-refractivity contribution in [1.29, 1.82) is 0 Å². The van der Waals surface area contributed by atoms with Crippen LogP contribution in [-0.4, -0.2) is 63.9 Å². The van der Waals surface area contributed by atoms with Crippen LogP contribution in [0.3, 0.4) is 0 Å². The number of rotatable bonds is 7. The molecule has 0 radical (unpaired) electrons. The third-order valence-corrected chi connectivity index (χ3v) is 12.2. The Morgan fingerprint density at radius 3 is 2.52 bits per heavy atom. The first-order valence-electron chi connectivity index (χ1n) is 17.0. The quantitative estimate of drug-likeness (QED) is 0.206. The van der Waals surface area contributed by atoms with Crippen molar-refractivity contribution in [3.63, 3.8) is 0 Å². The minimum atomic E-state index is -1.61. The number of fused-ring (bicyclic) bond motifs is 5. The molecule has 3 aliphatic heterocycles. The van der Waals surface area contributed by atoms with Gasteiger partial charge in [0.25, 0.3) is 0 Å². The van der Waals surface area contributed by atoms with Crippen molar-refractivity contribution in [3.05, 3.63) is 63.8 Å². The molecule has 9 heteroatoms. The number of aromatic hydroxyl groups is 1. The van der Waals surface area contributed by atoms with Gasteiger partial charge >= 0.3 is 5.97 Å². The lowest BCUT2D eigenvalue weighted by atomic mass is 9.51. The lowest BCUT2D eigenvalue weighted by Crippen LogP contribution is -2.72. The molecule has 0 aromatic heterocycles. The summed E-state index contributed by atoms with van der Waals surface area (Å²) in [5.74, 6) is -1.57. The first-order chi connectivity index (χ1) is 22.6. The number of ether oxygens (including phenoxy) is 4. The van der Waals surface area contributed by atoms with Crippen LogP contribution in [0.5, 0.6) is 17.2 Å². The fourth-order valence-corrected chi connectivity index (χ4v) is 9.85. The molecule has 1 aromatic rings. The molecule has 7 aliphatic rings. The average molecular weight is 659 g/mol. The van der Waals surface area contributed by atoms with Crippen molar-refractivity contribution < 1.29 is 43.5 Å². The molecule has 2 saturated carbocycles. The lowest BCUT2D eigenvalue weighted by molar-refractivity contribution is -0.171. The van der Waals surface area contributed by atoms with Gasteiger partial charge < -0.3 is 29.2 Å². The van der Waals surface area contributed by atoms with Crippen molar-refractivity contribution in [2.75, 3.05) is 13.7 Å². The Bertz CT molecular complexity index is 1780. The number of esters is 1. The van der Waals surface area contributed by atoms with Crippen molar-refractivity contribution in [1.82, 2.24) is 0 Å². The number of Topliss-reactive ketones (excluding diaryl/α,β-unsaturated/α-hetero) is 2. The normalized spacial score (nSPS) is 35.5. The summed E-state index contributed by atoms with van der Waals surface area (Å²) in [6.45, 7) is 15.5. The molecule has 3 fully saturated rings. The minimum Gasteiger partial charge on any atom is -0.507 e. The maximum atomic E-state index is 15.0. The number of aliphatic hydroxyl groups is 1. The van der Waals surface area contributed by atoms with Gasteiger partial charge in [-0.05, 0) is 79.6 Å². The minimum absolute atomic E-state index is 0.00410. The van der Waals surface area contributed by atoms with E-state index in [2.05, 4.69) is 13.5 Å². The van der Waals surface area contributed by atoms with Crippen molar-refractivity contribution in [2.45, 2.75) is 108 Å². The molecule has 2 N–H and O–H groups in total. The molecule has 9 nitrogen and oxygen atoms in total. The maximum absolute atomic E-state index is 15.0. The van der Waals surface area contributed by atoms with Crippen LogP contribution in [-0.2, 0) is 25.5 Å². The number of phenols is 1. The number of phenolic OH excluding ortho intramolecular Hbond substituents is 1. The molecule has 6 bridgehead atoms. The van der Waals surface area contributed by atoms with E-state index in [4.69, 9.17) is 18.9 Å². The third kappa shape index (κ3) is 4.19. The van der Waals surface area contributed by atoms with Crippen molar-refractivity contribution >= 4 is 17.5 Å². The van der Waals surface area contributed by atoms with Crippen LogP contribution in [0.2, 0.25) is 0 Å². The van der Waals surface area contributed by atoms with Gasteiger partial charge in [0.2, 0.25) is 0 Å². The summed E-state index contributed by atoms with van der Waals surface area (Å²) in [7, 11) is 1.30. The smallest absolute Gasteiger partial charge is 0.333 e. The van der Waals surface area contributed by atoms with Crippen LogP contribution in [0, 0.1) is 17.8 Å². The summed E-state index contributed by atoms with van der Waals surface area (Å²) < 4.78 is 25.8. The number of hydrogen-bond donors (Lipinski definition) is 2. The number of aliphatic hydroxyl groups excluding tert-OH is 1. The SMILES string of the molecule is C=C(C)C1CC[C@]2(C)C[C@@H]1c1c(O)c3c(c(C/C=C(\C)CO)c1O2)O[C@]12C(=C[C@@H]4C[C@H]1C(C)(C)O[C@@]2(C/C=C(/C)C(=O)OC)C4=O)C3=O. The Hall–Kier alpha value is -3.69. The highest BCUT2D eigenvalue weighted by atomic mass is 16.6. The standard InChI is InChI=1S/C39H46O9/c1-19(2)23-12-13-37(7)17-25(23)28-31(42)29-30(41)26-15-22-16-27-36(5,6)48-38(34(22)43,14-11-21(4)35(44)45-8)39(26,27)47-33(29)24(32(28)46-37)10-9-20(3)18-40/h9,11,15,22-23,25,27,40,42H,1,10,12-14,16-18H2,2-8H3/b20-9+,21-11-/t22-,23?,25+,27+,37-,38+,39-/m1/s1. The highest BCUT2D eigenvalue weighted by molar-refractivity contribution is 6.18. The summed E-state index contributed by atoms with van der Waals surface area (Å²) in [6.07, 6.45) is 8.27. The largest absolute Gasteiger partial charge is 0.507 e. The zero-order chi connectivity index (χ0) is 34.7. The highest BCUT2D eigenvalue weighted by Gasteiger charge is 2.81. The van der Waals surface area contributed by atoms with Crippen molar-refractivity contribution in [2.24, 2.45) is 17.8 Å². The van der Waals surface area contributed by atoms with Crippen LogP contribution in [0.1, 0.15) is 101 Å². The first kappa shape index (κ1) is 32.8. The monoisotopic (exact) mass is 658 g/mol. The van der Waals surface area contributed by atoms with Crippen molar-refractivity contribution in [3.8, 4) is 17.2 Å². The summed E-state index contributed by atoms with van der Waals surface area (Å²) in [5, 5.41) is 22.1. The van der Waals surface area contributed by atoms with E-state index in [1.54, 1.807) is 19.1 Å². The van der Waals surface area contributed by atoms with Gasteiger partial charge in [-0.25, -0.2) is 4.79 Å². The topological polar surface area (TPSA) is 129 Å². The Morgan fingerprint density at radius 1 is 1.12 bits per heavy atom. The van der Waals surface area contributed by atoms with E-state index in [9.17, 15) is 19.8 Å². The van der Waals surface area contributed by atoms with Gasteiger partial charge in [0.15, 0.2) is 22.8 Å². The molecular formula is C39H46O9.